The lowest BCUT2D eigenvalue weighted by molar-refractivity contribution is 0.744. The van der Waals surface area contributed by atoms with Crippen LogP contribution in [0, 0.1) is 6.92 Å². The van der Waals surface area contributed by atoms with E-state index in [2.05, 4.69) is 82.3 Å². The number of aromatic nitrogens is 1. The Hall–Kier alpha value is -2.75. The van der Waals surface area contributed by atoms with Crippen molar-refractivity contribution in [1.29, 1.82) is 0 Å². The van der Waals surface area contributed by atoms with Gasteiger partial charge >= 0.3 is 0 Å². The highest BCUT2D eigenvalue weighted by Gasteiger charge is 2.03. The van der Waals surface area contributed by atoms with Crippen molar-refractivity contribution in [3.8, 4) is 0 Å². The van der Waals surface area contributed by atoms with Crippen molar-refractivity contribution in [2.24, 2.45) is 4.99 Å². The van der Waals surface area contributed by atoms with Gasteiger partial charge in [-0.2, -0.15) is 0 Å². The van der Waals surface area contributed by atoms with E-state index in [0.29, 0.717) is 0 Å². The monoisotopic (exact) mass is 334 g/mol. The molecule has 0 atom stereocenters. The summed E-state index contributed by atoms with van der Waals surface area (Å²) in [5.41, 5.74) is 5.12. The Balaban J connectivity index is 1.43. The first kappa shape index (κ1) is 17.1. The lowest BCUT2D eigenvalue weighted by Crippen LogP contribution is -2.37. The van der Waals surface area contributed by atoms with Crippen LogP contribution in [0.4, 0.5) is 0 Å². The van der Waals surface area contributed by atoms with E-state index in [0.717, 1.165) is 31.9 Å². The van der Waals surface area contributed by atoms with E-state index in [-0.39, 0.29) is 0 Å². The van der Waals surface area contributed by atoms with Crippen LogP contribution in [0.15, 0.2) is 59.7 Å². The van der Waals surface area contributed by atoms with Crippen molar-refractivity contribution >= 4 is 16.9 Å². The maximum absolute atomic E-state index is 4.29. The molecule has 0 saturated carbocycles. The zero-order valence-electron chi connectivity index (χ0n) is 15.0. The number of H-pyrrole nitrogens is 1. The second-order valence-corrected chi connectivity index (χ2v) is 6.30. The van der Waals surface area contributed by atoms with Gasteiger partial charge in [0.15, 0.2) is 5.96 Å². The number of rotatable bonds is 6. The molecule has 4 nitrogen and oxygen atoms in total. The summed E-state index contributed by atoms with van der Waals surface area (Å²) in [6, 6.07) is 17.0. The Morgan fingerprint density at radius 1 is 1.04 bits per heavy atom. The van der Waals surface area contributed by atoms with Crippen LogP contribution < -0.4 is 10.6 Å². The van der Waals surface area contributed by atoms with Gasteiger partial charge in [0.25, 0.3) is 0 Å². The highest BCUT2D eigenvalue weighted by atomic mass is 15.2. The minimum atomic E-state index is 0.780. The Labute approximate surface area is 149 Å². The van der Waals surface area contributed by atoms with Crippen molar-refractivity contribution in [2.75, 3.05) is 13.6 Å². The summed E-state index contributed by atoms with van der Waals surface area (Å²) >= 11 is 0. The van der Waals surface area contributed by atoms with Gasteiger partial charge in [-0.1, -0.05) is 48.0 Å². The van der Waals surface area contributed by atoms with Crippen LogP contribution in [0.5, 0.6) is 0 Å². The van der Waals surface area contributed by atoms with E-state index in [1.807, 2.05) is 7.05 Å². The van der Waals surface area contributed by atoms with E-state index in [1.165, 1.54) is 27.6 Å². The summed E-state index contributed by atoms with van der Waals surface area (Å²) in [5, 5.41) is 8.07. The maximum atomic E-state index is 4.29. The SMILES string of the molecule is CN=C(NCCCc1c[nH]c2ccccc12)NCc1ccc(C)cc1. The molecule has 0 aliphatic rings. The van der Waals surface area contributed by atoms with Crippen LogP contribution >= 0.6 is 0 Å². The Kier molecular flexibility index (Phi) is 5.73. The molecular weight excluding hydrogens is 308 g/mol. The molecule has 0 radical (unpaired) electrons. The fourth-order valence-electron chi connectivity index (χ4n) is 2.94. The molecule has 0 saturated heterocycles. The first-order valence-electron chi connectivity index (χ1n) is 8.81. The third-order valence-corrected chi connectivity index (χ3v) is 4.39. The van der Waals surface area contributed by atoms with Crippen LogP contribution in [0.25, 0.3) is 10.9 Å². The number of nitrogens with one attached hydrogen (secondary N) is 3. The van der Waals surface area contributed by atoms with Crippen LogP contribution in [-0.2, 0) is 13.0 Å². The molecule has 130 valence electrons. The number of hydrogen-bond acceptors (Lipinski definition) is 1. The molecule has 0 spiro atoms. The highest BCUT2D eigenvalue weighted by Crippen LogP contribution is 2.18. The molecule has 25 heavy (non-hydrogen) atoms. The van der Waals surface area contributed by atoms with Crippen LogP contribution in [-0.4, -0.2) is 24.5 Å². The number of guanidine groups is 1. The van der Waals surface area contributed by atoms with Crippen molar-refractivity contribution in [3.05, 3.63) is 71.4 Å². The number of hydrogen-bond donors (Lipinski definition) is 3. The van der Waals surface area contributed by atoms with Gasteiger partial charge in [-0.3, -0.25) is 4.99 Å². The second kappa shape index (κ2) is 8.38. The van der Waals surface area contributed by atoms with Crippen molar-refractivity contribution in [2.45, 2.75) is 26.3 Å². The molecular formula is C21H26N4. The lowest BCUT2D eigenvalue weighted by Gasteiger charge is -2.12. The number of fused-ring (bicyclic) bond motifs is 1. The van der Waals surface area contributed by atoms with Gasteiger partial charge in [0.2, 0.25) is 0 Å². The predicted octanol–water partition coefficient (Wildman–Crippen LogP) is 3.77. The summed E-state index contributed by atoms with van der Waals surface area (Å²) in [6.45, 7) is 3.78. The molecule has 2 aromatic carbocycles. The third-order valence-electron chi connectivity index (χ3n) is 4.39. The largest absolute Gasteiger partial charge is 0.361 e. The molecule has 4 heteroatoms. The predicted molar refractivity (Wildman–Crippen MR) is 106 cm³/mol. The van der Waals surface area contributed by atoms with E-state index in [1.54, 1.807) is 0 Å². The van der Waals surface area contributed by atoms with E-state index >= 15 is 0 Å². The van der Waals surface area contributed by atoms with Crippen molar-refractivity contribution in [3.63, 3.8) is 0 Å². The molecule has 0 aliphatic carbocycles. The Bertz CT molecular complexity index is 830. The summed E-state index contributed by atoms with van der Waals surface area (Å²) in [5.74, 6) is 0.847. The summed E-state index contributed by atoms with van der Waals surface area (Å²) < 4.78 is 0. The average Bonchev–Trinajstić information content (AvgIpc) is 3.06. The maximum Gasteiger partial charge on any atom is 0.191 e. The minimum Gasteiger partial charge on any atom is -0.361 e. The normalized spacial score (nSPS) is 11.7. The molecule has 0 unspecified atom stereocenters. The van der Waals surface area contributed by atoms with E-state index in [4.69, 9.17) is 0 Å². The number of nitrogens with zero attached hydrogens (tertiary/aromatic N) is 1. The number of para-hydroxylation sites is 1. The molecule has 0 fully saturated rings. The summed E-state index contributed by atoms with van der Waals surface area (Å²) in [6.07, 6.45) is 4.23. The smallest absolute Gasteiger partial charge is 0.191 e. The molecule has 0 bridgehead atoms. The van der Waals surface area contributed by atoms with Gasteiger partial charge in [-0.15, -0.1) is 0 Å². The van der Waals surface area contributed by atoms with Crippen LogP contribution in [0.1, 0.15) is 23.1 Å². The van der Waals surface area contributed by atoms with Crippen molar-refractivity contribution < 1.29 is 0 Å². The quantitative estimate of drug-likeness (QED) is 0.365. The number of aliphatic imine (C=N–C) groups is 1. The summed E-state index contributed by atoms with van der Waals surface area (Å²) in [4.78, 5) is 7.63. The van der Waals surface area contributed by atoms with Gasteiger partial charge in [0, 0.05) is 37.2 Å². The standard InChI is InChI=1S/C21H26N4/c1-16-9-11-17(12-10-16)14-25-21(22-2)23-13-5-6-18-15-24-20-8-4-3-7-19(18)20/h3-4,7-12,15,24H,5-6,13-14H2,1-2H3,(H2,22,23,25). The number of aromatic amines is 1. The first-order chi connectivity index (χ1) is 12.3. The molecule has 0 amide bonds. The molecule has 0 aliphatic heterocycles. The zero-order chi connectivity index (χ0) is 17.5. The Morgan fingerprint density at radius 3 is 2.64 bits per heavy atom. The lowest BCUT2D eigenvalue weighted by atomic mass is 10.1. The topological polar surface area (TPSA) is 52.2 Å². The molecule has 3 N–H and O–H groups in total. The van der Waals surface area contributed by atoms with Gasteiger partial charge < -0.3 is 15.6 Å². The fraction of sp³-hybridized carbons (Fsp3) is 0.286. The third kappa shape index (κ3) is 4.63. The van der Waals surface area contributed by atoms with E-state index < -0.39 is 0 Å². The van der Waals surface area contributed by atoms with Crippen LogP contribution in [0.2, 0.25) is 0 Å². The van der Waals surface area contributed by atoms with Gasteiger partial charge in [-0.25, -0.2) is 0 Å². The number of aryl methyl sites for hydroxylation is 2. The molecule has 3 rings (SSSR count). The van der Waals surface area contributed by atoms with Gasteiger partial charge in [0.05, 0.1) is 0 Å². The first-order valence-corrected chi connectivity index (χ1v) is 8.81. The highest BCUT2D eigenvalue weighted by molar-refractivity contribution is 5.83. The fourth-order valence-corrected chi connectivity index (χ4v) is 2.94. The number of benzene rings is 2. The van der Waals surface area contributed by atoms with Crippen molar-refractivity contribution in [1.82, 2.24) is 15.6 Å². The zero-order valence-corrected chi connectivity index (χ0v) is 15.0. The minimum absolute atomic E-state index is 0.780. The second-order valence-electron chi connectivity index (χ2n) is 6.30. The summed E-state index contributed by atoms with van der Waals surface area (Å²) in [7, 11) is 1.81. The molecule has 1 heterocycles. The molecule has 1 aromatic heterocycles. The van der Waals surface area contributed by atoms with Crippen LogP contribution in [0.3, 0.4) is 0 Å². The molecule has 3 aromatic rings. The Morgan fingerprint density at radius 2 is 1.84 bits per heavy atom. The van der Waals surface area contributed by atoms with E-state index in [9.17, 15) is 0 Å². The average molecular weight is 334 g/mol. The van der Waals surface area contributed by atoms with Gasteiger partial charge in [-0.05, 0) is 37.0 Å². The van der Waals surface area contributed by atoms with Gasteiger partial charge in [0.1, 0.15) is 0 Å².